The number of H-pyrrole nitrogens is 1. The number of amides is 3. The van der Waals surface area contributed by atoms with E-state index in [-0.39, 0.29) is 12.2 Å². The molecule has 1 aromatic rings. The molecule has 4 atom stereocenters. The van der Waals surface area contributed by atoms with Crippen LogP contribution in [0.3, 0.4) is 0 Å². The molecule has 0 fully saturated rings. The summed E-state index contributed by atoms with van der Waals surface area (Å²) in [5.41, 5.74) is 6.43. The van der Waals surface area contributed by atoms with Gasteiger partial charge in [-0.25, -0.2) is 9.78 Å². The topological polar surface area (TPSA) is 200 Å². The Bertz CT molecular complexity index is 728. The number of hydrogen-bond acceptors (Lipinski definition) is 8. The number of nitrogens with two attached hydrogens (primary N) is 1. The largest absolute Gasteiger partial charge is 0.480 e. The zero-order valence-corrected chi connectivity index (χ0v) is 17.6. The summed E-state index contributed by atoms with van der Waals surface area (Å²) in [5.74, 6) is -4.01. The van der Waals surface area contributed by atoms with Gasteiger partial charge in [0.2, 0.25) is 17.7 Å². The lowest BCUT2D eigenvalue weighted by molar-refractivity contribution is -0.142. The molecular weight excluding hydrogens is 416 g/mol. The van der Waals surface area contributed by atoms with Crippen molar-refractivity contribution in [2.75, 3.05) is 12.4 Å². The van der Waals surface area contributed by atoms with E-state index in [1.54, 1.807) is 13.8 Å². The van der Waals surface area contributed by atoms with Crippen LogP contribution in [0, 0.1) is 5.92 Å². The minimum Gasteiger partial charge on any atom is -0.480 e. The van der Waals surface area contributed by atoms with Crippen LogP contribution in [-0.2, 0) is 25.6 Å². The monoisotopic (exact) mass is 444 g/mol. The van der Waals surface area contributed by atoms with E-state index in [0.717, 1.165) is 0 Å². The Hall–Kier alpha value is -2.64. The van der Waals surface area contributed by atoms with Gasteiger partial charge in [-0.05, 0) is 5.92 Å². The number of carbonyl (C=O) groups excluding carboxylic acids is 3. The molecule has 30 heavy (non-hydrogen) atoms. The van der Waals surface area contributed by atoms with Crippen LogP contribution in [0.4, 0.5) is 0 Å². The molecule has 0 radical (unpaired) electrons. The molecule has 13 heteroatoms. The SMILES string of the molecule is CC(C)C(NC(=O)C(CO)NC(=O)C(N)Cc1cnc[nH]1)C(=O)NC(CS)C(=O)O. The fourth-order valence-electron chi connectivity index (χ4n) is 2.43. The molecule has 1 rings (SSSR count). The van der Waals surface area contributed by atoms with Gasteiger partial charge in [0, 0.05) is 24.1 Å². The maximum atomic E-state index is 12.5. The standard InChI is InChI=1S/C17H28N6O6S/c1-8(2)13(16(27)22-12(6-30)17(28)29)23-15(26)11(5-24)21-14(25)10(18)3-9-4-19-7-20-9/h4,7-8,10-13,24,30H,3,5-6,18H2,1-2H3,(H,19,20)(H,21,25)(H,22,27)(H,23,26)(H,28,29). The van der Waals surface area contributed by atoms with Gasteiger partial charge in [-0.1, -0.05) is 13.8 Å². The van der Waals surface area contributed by atoms with Gasteiger partial charge in [0.1, 0.15) is 18.1 Å². The normalized spacial score (nSPS) is 15.0. The number of aromatic amines is 1. The summed E-state index contributed by atoms with van der Waals surface area (Å²) in [6, 6.07) is -4.67. The van der Waals surface area contributed by atoms with Crippen molar-refractivity contribution in [2.45, 2.75) is 44.4 Å². The number of imidazole rings is 1. The number of rotatable bonds is 12. The average Bonchev–Trinajstić information content (AvgIpc) is 3.19. The zero-order valence-electron chi connectivity index (χ0n) is 16.7. The second-order valence-corrected chi connectivity index (χ2v) is 7.31. The number of aliphatic hydroxyl groups excluding tert-OH is 1. The van der Waals surface area contributed by atoms with Crippen LogP contribution in [0.25, 0.3) is 0 Å². The molecule has 1 heterocycles. The van der Waals surface area contributed by atoms with Gasteiger partial charge in [0.05, 0.1) is 19.0 Å². The van der Waals surface area contributed by atoms with E-state index >= 15 is 0 Å². The second kappa shape index (κ2) is 12.1. The average molecular weight is 445 g/mol. The van der Waals surface area contributed by atoms with Crippen molar-refractivity contribution >= 4 is 36.3 Å². The van der Waals surface area contributed by atoms with Crippen LogP contribution in [-0.4, -0.2) is 80.4 Å². The summed E-state index contributed by atoms with van der Waals surface area (Å²) >= 11 is 3.87. The number of nitrogens with one attached hydrogen (secondary N) is 4. The molecule has 12 nitrogen and oxygen atoms in total. The number of aromatic nitrogens is 2. The molecule has 0 aliphatic carbocycles. The predicted octanol–water partition coefficient (Wildman–Crippen LogP) is -2.60. The summed E-state index contributed by atoms with van der Waals surface area (Å²) in [6.45, 7) is 2.57. The Morgan fingerprint density at radius 1 is 1.13 bits per heavy atom. The highest BCUT2D eigenvalue weighted by molar-refractivity contribution is 7.80. The third kappa shape index (κ3) is 7.65. The molecule has 0 saturated heterocycles. The third-order valence-corrected chi connectivity index (χ3v) is 4.56. The van der Waals surface area contributed by atoms with E-state index in [2.05, 4.69) is 38.5 Å². The van der Waals surface area contributed by atoms with Crippen LogP contribution in [0.5, 0.6) is 0 Å². The Morgan fingerprint density at radius 2 is 1.77 bits per heavy atom. The first-order chi connectivity index (χ1) is 14.1. The van der Waals surface area contributed by atoms with Crippen molar-refractivity contribution in [2.24, 2.45) is 11.7 Å². The van der Waals surface area contributed by atoms with E-state index in [0.29, 0.717) is 5.69 Å². The van der Waals surface area contributed by atoms with Crippen LogP contribution in [0.2, 0.25) is 0 Å². The van der Waals surface area contributed by atoms with Crippen molar-refractivity contribution in [1.29, 1.82) is 0 Å². The molecule has 0 spiro atoms. The minimum atomic E-state index is -1.35. The maximum Gasteiger partial charge on any atom is 0.327 e. The number of nitrogens with zero attached hydrogens (tertiary/aromatic N) is 1. The Labute approximate surface area is 178 Å². The Kier molecular flexibility index (Phi) is 10.3. The zero-order chi connectivity index (χ0) is 22.8. The summed E-state index contributed by atoms with van der Waals surface area (Å²) in [7, 11) is 0. The van der Waals surface area contributed by atoms with Gasteiger partial charge >= 0.3 is 5.97 Å². The van der Waals surface area contributed by atoms with Gasteiger partial charge < -0.3 is 36.9 Å². The highest BCUT2D eigenvalue weighted by Gasteiger charge is 2.31. The van der Waals surface area contributed by atoms with Gasteiger partial charge in [0.15, 0.2) is 0 Å². The second-order valence-electron chi connectivity index (χ2n) is 6.94. The van der Waals surface area contributed by atoms with Crippen molar-refractivity contribution in [3.05, 3.63) is 18.2 Å². The first-order valence-corrected chi connectivity index (χ1v) is 9.82. The van der Waals surface area contributed by atoms with Gasteiger partial charge in [-0.2, -0.15) is 12.6 Å². The smallest absolute Gasteiger partial charge is 0.327 e. The number of hydrogen-bond donors (Lipinski definition) is 8. The van der Waals surface area contributed by atoms with Crippen LogP contribution < -0.4 is 21.7 Å². The highest BCUT2D eigenvalue weighted by atomic mass is 32.1. The molecule has 0 bridgehead atoms. The van der Waals surface area contributed by atoms with E-state index in [4.69, 9.17) is 10.8 Å². The molecule has 0 aliphatic heterocycles. The molecule has 0 aliphatic rings. The lowest BCUT2D eigenvalue weighted by atomic mass is 10.0. The first kappa shape index (κ1) is 25.4. The maximum absolute atomic E-state index is 12.5. The molecule has 8 N–H and O–H groups in total. The predicted molar refractivity (Wildman–Crippen MR) is 109 cm³/mol. The number of carboxylic acid groups (broad SMARTS) is 1. The van der Waals surface area contributed by atoms with Gasteiger partial charge in [-0.3, -0.25) is 14.4 Å². The number of carbonyl (C=O) groups is 4. The fraction of sp³-hybridized carbons (Fsp3) is 0.588. The summed E-state index contributed by atoms with van der Waals surface area (Å²) in [6.07, 6.45) is 3.08. The van der Waals surface area contributed by atoms with E-state index in [1.807, 2.05) is 0 Å². The van der Waals surface area contributed by atoms with E-state index in [1.165, 1.54) is 12.5 Å². The van der Waals surface area contributed by atoms with Gasteiger partial charge in [-0.15, -0.1) is 0 Å². The lowest BCUT2D eigenvalue weighted by Crippen LogP contribution is -2.59. The number of aliphatic hydroxyl groups is 1. The lowest BCUT2D eigenvalue weighted by Gasteiger charge is -2.26. The molecular formula is C17H28N6O6S. The third-order valence-electron chi connectivity index (χ3n) is 4.19. The van der Waals surface area contributed by atoms with Crippen LogP contribution in [0.15, 0.2) is 12.5 Å². The molecule has 4 unspecified atom stereocenters. The molecule has 0 saturated carbocycles. The summed E-state index contributed by atoms with van der Waals surface area (Å²) in [5, 5.41) is 25.6. The van der Waals surface area contributed by atoms with E-state index < -0.39 is 60.4 Å². The van der Waals surface area contributed by atoms with Crippen molar-refractivity contribution in [3.63, 3.8) is 0 Å². The molecule has 1 aromatic heterocycles. The molecule has 168 valence electrons. The Balaban J connectivity index is 2.74. The Morgan fingerprint density at radius 3 is 2.23 bits per heavy atom. The van der Waals surface area contributed by atoms with Crippen LogP contribution in [0.1, 0.15) is 19.5 Å². The fourth-order valence-corrected chi connectivity index (χ4v) is 2.68. The number of carboxylic acids is 1. The van der Waals surface area contributed by atoms with Crippen LogP contribution >= 0.6 is 12.6 Å². The highest BCUT2D eigenvalue weighted by Crippen LogP contribution is 2.04. The van der Waals surface area contributed by atoms with Crippen molar-refractivity contribution in [1.82, 2.24) is 25.9 Å². The quantitative estimate of drug-likeness (QED) is 0.160. The van der Waals surface area contributed by atoms with E-state index in [9.17, 15) is 24.3 Å². The summed E-state index contributed by atoms with van der Waals surface area (Å²) < 4.78 is 0. The number of thiol groups is 1. The van der Waals surface area contributed by atoms with Crippen molar-refractivity contribution < 1.29 is 29.4 Å². The number of aliphatic carboxylic acids is 1. The first-order valence-electron chi connectivity index (χ1n) is 9.19. The molecule has 0 aromatic carbocycles. The van der Waals surface area contributed by atoms with Crippen molar-refractivity contribution in [3.8, 4) is 0 Å². The summed E-state index contributed by atoms with van der Waals surface area (Å²) in [4.78, 5) is 54.9. The molecule has 3 amide bonds. The minimum absolute atomic E-state index is 0.136. The van der Waals surface area contributed by atoms with Gasteiger partial charge in [0.25, 0.3) is 0 Å².